The predicted octanol–water partition coefficient (Wildman–Crippen LogP) is 2.42. The highest BCUT2D eigenvalue weighted by Gasteiger charge is 2.32. The van der Waals surface area contributed by atoms with E-state index in [0.717, 1.165) is 19.4 Å². The molecule has 0 spiro atoms. The van der Waals surface area contributed by atoms with Crippen molar-refractivity contribution in [2.45, 2.75) is 44.5 Å². The van der Waals surface area contributed by atoms with Gasteiger partial charge in [0.15, 0.2) is 0 Å². The van der Waals surface area contributed by atoms with Crippen LogP contribution >= 0.6 is 15.9 Å². The van der Waals surface area contributed by atoms with Crippen molar-refractivity contribution in [2.75, 3.05) is 6.54 Å². The molecule has 1 aliphatic heterocycles. The minimum Gasteiger partial charge on any atom is -0.339 e. The number of hydrogen-bond donors (Lipinski definition) is 0. The van der Waals surface area contributed by atoms with Gasteiger partial charge in [0.25, 0.3) is 0 Å². The van der Waals surface area contributed by atoms with Gasteiger partial charge in [-0.05, 0) is 25.7 Å². The summed E-state index contributed by atoms with van der Waals surface area (Å²) < 4.78 is 0. The molecule has 2 atom stereocenters. The van der Waals surface area contributed by atoms with Gasteiger partial charge >= 0.3 is 0 Å². The fourth-order valence-corrected chi connectivity index (χ4v) is 2.38. The second-order valence-electron chi connectivity index (χ2n) is 4.27. The van der Waals surface area contributed by atoms with E-state index in [4.69, 9.17) is 0 Å². The van der Waals surface area contributed by atoms with Crippen LogP contribution < -0.4 is 0 Å². The molecule has 0 aromatic heterocycles. The quantitative estimate of drug-likeness (QED) is 0.702. The molecule has 3 heteroatoms. The number of nitrogens with zero attached hydrogens (tertiary/aromatic N) is 1. The SMILES string of the molecule is CC(C)CC(C)N1CCC(Br)C1=O. The number of carbonyl (C=O) groups is 1. The first-order chi connectivity index (χ1) is 6.02. The second-order valence-corrected chi connectivity index (χ2v) is 5.37. The van der Waals surface area contributed by atoms with Crippen LogP contribution in [-0.2, 0) is 4.79 Å². The summed E-state index contributed by atoms with van der Waals surface area (Å²) >= 11 is 3.39. The van der Waals surface area contributed by atoms with Crippen LogP contribution in [0, 0.1) is 5.92 Å². The molecular formula is C10H18BrNO. The molecule has 0 aromatic rings. The van der Waals surface area contributed by atoms with Gasteiger partial charge in [-0.15, -0.1) is 0 Å². The summed E-state index contributed by atoms with van der Waals surface area (Å²) in [6.45, 7) is 7.46. The Morgan fingerprint density at radius 2 is 2.15 bits per heavy atom. The molecule has 1 heterocycles. The molecule has 0 aliphatic carbocycles. The van der Waals surface area contributed by atoms with Crippen LogP contribution in [0.1, 0.15) is 33.6 Å². The minimum atomic E-state index is 0.0714. The second kappa shape index (κ2) is 4.45. The summed E-state index contributed by atoms with van der Waals surface area (Å²) in [5.41, 5.74) is 0. The lowest BCUT2D eigenvalue weighted by Gasteiger charge is -2.25. The molecule has 2 nitrogen and oxygen atoms in total. The lowest BCUT2D eigenvalue weighted by Crippen LogP contribution is -2.36. The first-order valence-corrected chi connectivity index (χ1v) is 5.88. The van der Waals surface area contributed by atoms with Gasteiger partial charge in [-0.1, -0.05) is 29.8 Å². The Morgan fingerprint density at radius 3 is 2.54 bits per heavy atom. The lowest BCUT2D eigenvalue weighted by molar-refractivity contribution is -0.129. The third-order valence-electron chi connectivity index (χ3n) is 2.52. The monoisotopic (exact) mass is 247 g/mol. The Hall–Kier alpha value is -0.0500. The maximum Gasteiger partial charge on any atom is 0.236 e. The first kappa shape index (κ1) is 11.0. The highest BCUT2D eigenvalue weighted by Crippen LogP contribution is 2.23. The smallest absolute Gasteiger partial charge is 0.236 e. The number of halogens is 1. The van der Waals surface area contributed by atoms with E-state index in [1.165, 1.54) is 0 Å². The van der Waals surface area contributed by atoms with Gasteiger partial charge in [0, 0.05) is 12.6 Å². The van der Waals surface area contributed by atoms with Crippen LogP contribution in [0.4, 0.5) is 0 Å². The largest absolute Gasteiger partial charge is 0.339 e. The summed E-state index contributed by atoms with van der Waals surface area (Å²) in [6.07, 6.45) is 2.06. The van der Waals surface area contributed by atoms with E-state index in [2.05, 4.69) is 36.7 Å². The zero-order chi connectivity index (χ0) is 10.0. The summed E-state index contributed by atoms with van der Waals surface area (Å²) in [7, 11) is 0. The Bertz CT molecular complexity index is 193. The van der Waals surface area contributed by atoms with E-state index in [0.29, 0.717) is 12.0 Å². The number of amides is 1. The minimum absolute atomic E-state index is 0.0714. The summed E-state index contributed by atoms with van der Waals surface area (Å²) in [5.74, 6) is 0.935. The van der Waals surface area contributed by atoms with Crippen molar-refractivity contribution in [1.29, 1.82) is 0 Å². The van der Waals surface area contributed by atoms with Crippen molar-refractivity contribution in [3.8, 4) is 0 Å². The number of hydrogen-bond acceptors (Lipinski definition) is 1. The van der Waals surface area contributed by atoms with Crippen molar-refractivity contribution in [3.05, 3.63) is 0 Å². The van der Waals surface area contributed by atoms with Crippen molar-refractivity contribution in [1.82, 2.24) is 4.90 Å². The van der Waals surface area contributed by atoms with Gasteiger partial charge in [0.2, 0.25) is 5.91 Å². The molecule has 76 valence electrons. The zero-order valence-corrected chi connectivity index (χ0v) is 10.2. The molecule has 13 heavy (non-hydrogen) atoms. The molecule has 1 fully saturated rings. The highest BCUT2D eigenvalue weighted by molar-refractivity contribution is 9.10. The fourth-order valence-electron chi connectivity index (χ4n) is 1.91. The molecule has 1 rings (SSSR count). The van der Waals surface area contributed by atoms with Gasteiger partial charge in [-0.25, -0.2) is 0 Å². The van der Waals surface area contributed by atoms with Crippen molar-refractivity contribution >= 4 is 21.8 Å². The van der Waals surface area contributed by atoms with E-state index in [1.807, 2.05) is 4.90 Å². The summed E-state index contributed by atoms with van der Waals surface area (Å²) in [5, 5.41) is 0. The number of rotatable bonds is 3. The van der Waals surface area contributed by atoms with Gasteiger partial charge in [0.05, 0.1) is 4.83 Å². The van der Waals surface area contributed by atoms with Crippen LogP contribution in [0.2, 0.25) is 0 Å². The van der Waals surface area contributed by atoms with E-state index < -0.39 is 0 Å². The van der Waals surface area contributed by atoms with E-state index in [1.54, 1.807) is 0 Å². The van der Waals surface area contributed by atoms with Crippen LogP contribution in [0.15, 0.2) is 0 Å². The van der Waals surface area contributed by atoms with Crippen LogP contribution in [0.3, 0.4) is 0 Å². The van der Waals surface area contributed by atoms with Crippen molar-refractivity contribution in [2.24, 2.45) is 5.92 Å². The van der Waals surface area contributed by atoms with Crippen LogP contribution in [0.25, 0.3) is 0 Å². The fraction of sp³-hybridized carbons (Fsp3) is 0.900. The molecule has 1 amide bonds. The highest BCUT2D eigenvalue weighted by atomic mass is 79.9. The molecule has 0 aromatic carbocycles. The van der Waals surface area contributed by atoms with Crippen LogP contribution in [0.5, 0.6) is 0 Å². The summed E-state index contributed by atoms with van der Waals surface area (Å²) in [4.78, 5) is 13.7. The zero-order valence-electron chi connectivity index (χ0n) is 8.59. The maximum absolute atomic E-state index is 11.6. The number of alkyl halides is 1. The molecule has 0 radical (unpaired) electrons. The van der Waals surface area contributed by atoms with E-state index in [-0.39, 0.29) is 10.7 Å². The van der Waals surface area contributed by atoms with Crippen molar-refractivity contribution in [3.63, 3.8) is 0 Å². The Kier molecular flexibility index (Phi) is 3.77. The molecule has 1 saturated heterocycles. The van der Waals surface area contributed by atoms with Gasteiger partial charge < -0.3 is 4.90 Å². The maximum atomic E-state index is 11.6. The Morgan fingerprint density at radius 1 is 1.54 bits per heavy atom. The third-order valence-corrected chi connectivity index (χ3v) is 3.37. The first-order valence-electron chi connectivity index (χ1n) is 4.97. The lowest BCUT2D eigenvalue weighted by atomic mass is 10.0. The molecule has 0 N–H and O–H groups in total. The normalized spacial score (nSPS) is 25.8. The molecule has 0 saturated carbocycles. The van der Waals surface area contributed by atoms with E-state index >= 15 is 0 Å². The average molecular weight is 248 g/mol. The average Bonchev–Trinajstić information content (AvgIpc) is 2.31. The van der Waals surface area contributed by atoms with Gasteiger partial charge in [-0.3, -0.25) is 4.79 Å². The molecule has 0 bridgehead atoms. The molecule has 2 unspecified atom stereocenters. The molecular weight excluding hydrogens is 230 g/mol. The van der Waals surface area contributed by atoms with E-state index in [9.17, 15) is 4.79 Å². The van der Waals surface area contributed by atoms with Gasteiger partial charge in [-0.2, -0.15) is 0 Å². The number of carbonyl (C=O) groups excluding carboxylic acids is 1. The third kappa shape index (κ3) is 2.70. The Balaban J connectivity index is 2.48. The number of likely N-dealkylation sites (tertiary alicyclic amines) is 1. The topological polar surface area (TPSA) is 20.3 Å². The Labute approximate surface area is 88.8 Å². The molecule has 1 aliphatic rings. The van der Waals surface area contributed by atoms with Crippen molar-refractivity contribution < 1.29 is 4.79 Å². The standard InChI is InChI=1S/C10H18BrNO/c1-7(2)6-8(3)12-5-4-9(11)10(12)13/h7-9H,4-6H2,1-3H3. The van der Waals surface area contributed by atoms with Crippen LogP contribution in [-0.4, -0.2) is 28.2 Å². The summed E-state index contributed by atoms with van der Waals surface area (Å²) in [6, 6.07) is 0.398. The van der Waals surface area contributed by atoms with Gasteiger partial charge in [0.1, 0.15) is 0 Å². The predicted molar refractivity (Wildman–Crippen MR) is 58.0 cm³/mol.